The predicted octanol–water partition coefficient (Wildman–Crippen LogP) is 0.176. The van der Waals surface area contributed by atoms with Crippen LogP contribution in [0, 0.1) is 0 Å². The highest BCUT2D eigenvalue weighted by Gasteiger charge is 2.08. The van der Waals surface area contributed by atoms with Crippen LogP contribution in [0.25, 0.3) is 0 Å². The Hall–Kier alpha value is -2.36. The molecule has 2 aromatic rings. The number of anilines is 1. The highest BCUT2D eigenvalue weighted by Crippen LogP contribution is 2.17. The molecule has 2 heterocycles. The minimum Gasteiger partial charge on any atom is -0.481 e. The van der Waals surface area contributed by atoms with E-state index in [0.29, 0.717) is 18.0 Å². The summed E-state index contributed by atoms with van der Waals surface area (Å²) in [6.07, 6.45) is 2.56. The molecule has 9 nitrogen and oxygen atoms in total. The zero-order valence-electron chi connectivity index (χ0n) is 10.4. The fraction of sp³-hybridized carbons (Fsp3) is 0.400. The number of carboxylic acid groups (broad SMARTS) is 1. The minimum atomic E-state index is -0.824. The van der Waals surface area contributed by atoms with Gasteiger partial charge in [-0.25, -0.2) is 9.67 Å². The summed E-state index contributed by atoms with van der Waals surface area (Å²) in [5, 5.41) is 23.9. The number of aromatic nitrogens is 5. The number of hydrogen-bond acceptors (Lipinski definition) is 7. The van der Waals surface area contributed by atoms with E-state index in [9.17, 15) is 9.59 Å². The van der Waals surface area contributed by atoms with Crippen molar-refractivity contribution in [3.63, 3.8) is 0 Å². The van der Waals surface area contributed by atoms with Crippen molar-refractivity contribution in [2.24, 2.45) is 0 Å². The number of thiazole rings is 1. The van der Waals surface area contributed by atoms with Crippen LogP contribution in [-0.4, -0.2) is 42.2 Å². The van der Waals surface area contributed by atoms with Gasteiger partial charge in [0.25, 0.3) is 0 Å². The van der Waals surface area contributed by atoms with Crippen molar-refractivity contribution >= 4 is 28.3 Å². The zero-order chi connectivity index (χ0) is 14.4. The molecule has 0 bridgehead atoms. The first-order valence-electron chi connectivity index (χ1n) is 5.80. The number of aliphatic carboxylic acids is 1. The molecule has 2 rings (SSSR count). The maximum atomic E-state index is 11.7. The second kappa shape index (κ2) is 6.70. The van der Waals surface area contributed by atoms with Crippen molar-refractivity contribution in [1.82, 2.24) is 25.2 Å². The summed E-state index contributed by atoms with van der Waals surface area (Å²) in [5.41, 5.74) is 0.772. The molecule has 20 heavy (non-hydrogen) atoms. The first kappa shape index (κ1) is 14.1. The van der Waals surface area contributed by atoms with Gasteiger partial charge in [0, 0.05) is 11.8 Å². The van der Waals surface area contributed by atoms with Gasteiger partial charge in [-0.1, -0.05) is 0 Å². The third-order valence-corrected chi connectivity index (χ3v) is 3.13. The van der Waals surface area contributed by atoms with Crippen LogP contribution >= 0.6 is 11.3 Å². The van der Waals surface area contributed by atoms with E-state index < -0.39 is 5.97 Å². The lowest BCUT2D eigenvalue weighted by molar-refractivity contribution is -0.137. The Labute approximate surface area is 117 Å². The van der Waals surface area contributed by atoms with E-state index in [2.05, 4.69) is 25.8 Å². The Morgan fingerprint density at radius 1 is 1.45 bits per heavy atom. The summed E-state index contributed by atoms with van der Waals surface area (Å²) >= 11 is 1.30. The van der Waals surface area contributed by atoms with Crippen molar-refractivity contribution in [2.75, 3.05) is 5.32 Å². The monoisotopic (exact) mass is 296 g/mol. The van der Waals surface area contributed by atoms with Crippen LogP contribution in [0.5, 0.6) is 0 Å². The summed E-state index contributed by atoms with van der Waals surface area (Å²) in [7, 11) is 0. The number of hydrogen-bond donors (Lipinski definition) is 2. The number of nitrogens with zero attached hydrogens (tertiary/aromatic N) is 5. The molecule has 0 saturated carbocycles. The largest absolute Gasteiger partial charge is 0.481 e. The molecule has 0 aliphatic carbocycles. The quantitative estimate of drug-likeness (QED) is 0.746. The lowest BCUT2D eigenvalue weighted by Crippen LogP contribution is -2.19. The predicted molar refractivity (Wildman–Crippen MR) is 69.1 cm³/mol. The number of amides is 1. The highest BCUT2D eigenvalue weighted by molar-refractivity contribution is 7.13. The Kier molecular flexibility index (Phi) is 4.71. The van der Waals surface area contributed by atoms with Crippen molar-refractivity contribution in [1.29, 1.82) is 0 Å². The van der Waals surface area contributed by atoms with Crippen molar-refractivity contribution in [3.05, 3.63) is 17.4 Å². The lowest BCUT2D eigenvalue weighted by Gasteiger charge is -2.00. The molecule has 0 aliphatic rings. The van der Waals surface area contributed by atoms with Crippen LogP contribution in [0.4, 0.5) is 5.13 Å². The summed E-state index contributed by atoms with van der Waals surface area (Å²) in [6.45, 7) is 0.0148. The maximum Gasteiger partial charge on any atom is 0.303 e. The summed E-state index contributed by atoms with van der Waals surface area (Å²) in [5.74, 6) is -1.10. The molecule has 0 unspecified atom stereocenters. The number of carbonyl (C=O) groups is 2. The van der Waals surface area contributed by atoms with Crippen LogP contribution < -0.4 is 5.32 Å². The summed E-state index contributed by atoms with van der Waals surface area (Å²) < 4.78 is 1.30. The van der Waals surface area contributed by atoms with Gasteiger partial charge in [-0.05, 0) is 23.3 Å². The summed E-state index contributed by atoms with van der Waals surface area (Å²) in [4.78, 5) is 26.3. The molecule has 1 amide bonds. The van der Waals surface area contributed by atoms with Crippen LogP contribution in [-0.2, 0) is 22.6 Å². The summed E-state index contributed by atoms with van der Waals surface area (Å²) in [6, 6.07) is 0. The molecular formula is C10H12N6O3S. The Balaban J connectivity index is 1.80. The number of rotatable bonds is 7. The topological polar surface area (TPSA) is 123 Å². The second-order valence-electron chi connectivity index (χ2n) is 3.95. The number of aryl methyl sites for hydroxylation is 1. The van der Waals surface area contributed by atoms with Gasteiger partial charge in [-0.3, -0.25) is 9.59 Å². The number of nitrogens with one attached hydrogen (secondary N) is 1. The van der Waals surface area contributed by atoms with Crippen molar-refractivity contribution in [3.8, 4) is 0 Å². The highest BCUT2D eigenvalue weighted by atomic mass is 32.1. The maximum absolute atomic E-state index is 11.7. The fourth-order valence-corrected chi connectivity index (χ4v) is 2.22. The van der Waals surface area contributed by atoms with Crippen molar-refractivity contribution in [2.45, 2.75) is 25.8 Å². The average Bonchev–Trinajstić information content (AvgIpc) is 3.01. The number of carboxylic acids is 1. The van der Waals surface area contributed by atoms with E-state index in [-0.39, 0.29) is 18.9 Å². The van der Waals surface area contributed by atoms with Gasteiger partial charge < -0.3 is 10.4 Å². The van der Waals surface area contributed by atoms with Crippen LogP contribution in [0.15, 0.2) is 11.7 Å². The van der Waals surface area contributed by atoms with E-state index in [1.807, 2.05) is 0 Å². The van der Waals surface area contributed by atoms with Gasteiger partial charge in [0.2, 0.25) is 5.91 Å². The van der Waals surface area contributed by atoms with Gasteiger partial charge in [-0.15, -0.1) is 16.4 Å². The first-order chi connectivity index (χ1) is 9.63. The molecule has 10 heteroatoms. The molecule has 106 valence electrons. The smallest absolute Gasteiger partial charge is 0.303 e. The standard InChI is InChI=1S/C10H12N6O3S/c17-8(4-16-6-11-14-15-16)13-10-12-7(5-20-10)2-1-3-9(18)19/h5-6H,1-4H2,(H,18,19)(H,12,13,17). The molecule has 0 atom stereocenters. The van der Waals surface area contributed by atoms with Crippen LogP contribution in [0.2, 0.25) is 0 Å². The number of tetrazole rings is 1. The molecule has 0 radical (unpaired) electrons. The van der Waals surface area contributed by atoms with Gasteiger partial charge in [0.05, 0.1) is 5.69 Å². The fourth-order valence-electron chi connectivity index (χ4n) is 1.46. The van der Waals surface area contributed by atoms with Gasteiger partial charge in [0.15, 0.2) is 5.13 Å². The Morgan fingerprint density at radius 3 is 3.00 bits per heavy atom. The molecule has 2 aromatic heterocycles. The Bertz CT molecular complexity index is 582. The van der Waals surface area contributed by atoms with Gasteiger partial charge >= 0.3 is 5.97 Å². The van der Waals surface area contributed by atoms with Crippen molar-refractivity contribution < 1.29 is 14.7 Å². The molecule has 0 fully saturated rings. The van der Waals surface area contributed by atoms with Crippen LogP contribution in [0.1, 0.15) is 18.5 Å². The Morgan fingerprint density at radius 2 is 2.30 bits per heavy atom. The van der Waals surface area contributed by atoms with E-state index in [0.717, 1.165) is 5.69 Å². The van der Waals surface area contributed by atoms with Gasteiger partial charge in [0.1, 0.15) is 12.9 Å². The third-order valence-electron chi connectivity index (χ3n) is 2.32. The number of carbonyl (C=O) groups excluding carboxylic acids is 1. The van der Waals surface area contributed by atoms with E-state index in [1.54, 1.807) is 5.38 Å². The third kappa shape index (κ3) is 4.39. The van der Waals surface area contributed by atoms with E-state index >= 15 is 0 Å². The molecular weight excluding hydrogens is 284 g/mol. The van der Waals surface area contributed by atoms with E-state index in [1.165, 1.54) is 22.3 Å². The molecule has 0 aromatic carbocycles. The van der Waals surface area contributed by atoms with Crippen LogP contribution in [0.3, 0.4) is 0 Å². The molecule has 2 N–H and O–H groups in total. The van der Waals surface area contributed by atoms with E-state index in [4.69, 9.17) is 5.11 Å². The minimum absolute atomic E-state index is 0.0148. The second-order valence-corrected chi connectivity index (χ2v) is 4.80. The molecule has 0 aliphatic heterocycles. The first-order valence-corrected chi connectivity index (χ1v) is 6.68. The molecule has 0 spiro atoms. The normalized spacial score (nSPS) is 10.4. The average molecular weight is 296 g/mol. The lowest BCUT2D eigenvalue weighted by atomic mass is 10.2. The molecule has 0 saturated heterocycles. The SMILES string of the molecule is O=C(O)CCCc1csc(NC(=O)Cn2cnnn2)n1. The van der Waals surface area contributed by atoms with Gasteiger partial charge in [-0.2, -0.15) is 0 Å². The zero-order valence-corrected chi connectivity index (χ0v) is 11.2.